The molecule has 130 valence electrons. The van der Waals surface area contributed by atoms with E-state index in [1.807, 2.05) is 30.3 Å². The fraction of sp³-hybridized carbons (Fsp3) is 0.389. The number of rotatable bonds is 8. The Morgan fingerprint density at radius 1 is 1.08 bits per heavy atom. The number of benzene rings is 1. The SMILES string of the molecule is C=C(C)C[C@H](NC(=O)[C@H](Cc1ccccc1)NC(C)=O)C(=O)OC. The number of ether oxygens (including phenoxy) is 1. The minimum atomic E-state index is -0.827. The van der Waals surface area contributed by atoms with E-state index in [2.05, 4.69) is 17.2 Å². The topological polar surface area (TPSA) is 84.5 Å². The van der Waals surface area contributed by atoms with E-state index >= 15 is 0 Å². The van der Waals surface area contributed by atoms with Crippen LogP contribution in [0.3, 0.4) is 0 Å². The van der Waals surface area contributed by atoms with Gasteiger partial charge >= 0.3 is 5.97 Å². The zero-order chi connectivity index (χ0) is 18.1. The van der Waals surface area contributed by atoms with Gasteiger partial charge in [-0.1, -0.05) is 35.9 Å². The Morgan fingerprint density at radius 2 is 1.71 bits per heavy atom. The first-order valence-corrected chi connectivity index (χ1v) is 7.67. The van der Waals surface area contributed by atoms with Gasteiger partial charge in [0.2, 0.25) is 11.8 Å². The molecule has 0 aromatic heterocycles. The number of amides is 2. The van der Waals surface area contributed by atoms with E-state index in [1.165, 1.54) is 14.0 Å². The lowest BCUT2D eigenvalue weighted by molar-refractivity contribution is -0.145. The summed E-state index contributed by atoms with van der Waals surface area (Å²) < 4.78 is 4.71. The van der Waals surface area contributed by atoms with Crippen LogP contribution in [0.15, 0.2) is 42.5 Å². The van der Waals surface area contributed by atoms with Gasteiger partial charge in [-0.05, 0) is 18.9 Å². The molecule has 6 heteroatoms. The van der Waals surface area contributed by atoms with Crippen molar-refractivity contribution in [2.75, 3.05) is 7.11 Å². The zero-order valence-corrected chi connectivity index (χ0v) is 14.3. The van der Waals surface area contributed by atoms with Crippen LogP contribution in [0.4, 0.5) is 0 Å². The predicted molar refractivity (Wildman–Crippen MR) is 91.1 cm³/mol. The van der Waals surface area contributed by atoms with Gasteiger partial charge in [0, 0.05) is 13.3 Å². The molecule has 1 aromatic rings. The average molecular weight is 332 g/mol. The first-order chi connectivity index (χ1) is 11.3. The predicted octanol–water partition coefficient (Wildman–Crippen LogP) is 1.36. The van der Waals surface area contributed by atoms with Gasteiger partial charge in [-0.25, -0.2) is 4.79 Å². The number of carbonyl (C=O) groups excluding carboxylic acids is 3. The Hall–Kier alpha value is -2.63. The van der Waals surface area contributed by atoms with Crippen molar-refractivity contribution in [2.45, 2.75) is 38.8 Å². The third-order valence-corrected chi connectivity index (χ3v) is 3.33. The molecule has 0 aliphatic carbocycles. The summed E-state index contributed by atoms with van der Waals surface area (Å²) in [6.45, 7) is 6.86. The standard InChI is InChI=1S/C18H24N2O4/c1-12(2)10-16(18(23)24-4)20-17(22)15(19-13(3)21)11-14-8-6-5-7-9-14/h5-9,15-16H,1,10-11H2,2-4H3,(H,19,21)(H,20,22)/t15-,16-/m0/s1. The maximum absolute atomic E-state index is 12.5. The van der Waals surface area contributed by atoms with Crippen molar-refractivity contribution in [1.29, 1.82) is 0 Å². The third kappa shape index (κ3) is 6.64. The Balaban J connectivity index is 2.87. The van der Waals surface area contributed by atoms with E-state index < -0.39 is 24.0 Å². The number of methoxy groups -OCH3 is 1. The molecule has 24 heavy (non-hydrogen) atoms. The van der Waals surface area contributed by atoms with E-state index in [4.69, 9.17) is 4.74 Å². The number of esters is 1. The summed E-state index contributed by atoms with van der Waals surface area (Å²) in [5, 5.41) is 5.25. The average Bonchev–Trinajstić information content (AvgIpc) is 2.53. The molecule has 0 unspecified atom stereocenters. The first kappa shape index (κ1) is 19.4. The summed E-state index contributed by atoms with van der Waals surface area (Å²) in [6.07, 6.45) is 0.601. The fourth-order valence-electron chi connectivity index (χ4n) is 2.26. The summed E-state index contributed by atoms with van der Waals surface area (Å²) >= 11 is 0. The van der Waals surface area contributed by atoms with Gasteiger partial charge in [-0.3, -0.25) is 9.59 Å². The molecule has 0 saturated carbocycles. The van der Waals surface area contributed by atoms with Gasteiger partial charge in [0.15, 0.2) is 0 Å². The third-order valence-electron chi connectivity index (χ3n) is 3.33. The van der Waals surface area contributed by atoms with Gasteiger partial charge < -0.3 is 15.4 Å². The van der Waals surface area contributed by atoms with Gasteiger partial charge in [-0.15, -0.1) is 6.58 Å². The molecule has 0 heterocycles. The van der Waals surface area contributed by atoms with Crippen LogP contribution in [0.1, 0.15) is 25.8 Å². The van der Waals surface area contributed by atoms with Crippen LogP contribution in [0.25, 0.3) is 0 Å². The molecule has 0 aliphatic heterocycles. The minimum absolute atomic E-state index is 0.274. The van der Waals surface area contributed by atoms with E-state index in [1.54, 1.807) is 6.92 Å². The molecule has 1 rings (SSSR count). The molecule has 1 aromatic carbocycles. The van der Waals surface area contributed by atoms with Crippen molar-refractivity contribution in [2.24, 2.45) is 0 Å². The smallest absolute Gasteiger partial charge is 0.328 e. The lowest BCUT2D eigenvalue weighted by Gasteiger charge is -2.22. The van der Waals surface area contributed by atoms with Crippen LogP contribution in [0.5, 0.6) is 0 Å². The molecule has 2 amide bonds. The second kappa shape index (κ2) is 9.50. The van der Waals surface area contributed by atoms with Crippen molar-refractivity contribution < 1.29 is 19.1 Å². The molecule has 2 N–H and O–H groups in total. The first-order valence-electron chi connectivity index (χ1n) is 7.67. The molecule has 0 spiro atoms. The highest BCUT2D eigenvalue weighted by Gasteiger charge is 2.26. The molecule has 2 atom stereocenters. The van der Waals surface area contributed by atoms with Crippen LogP contribution >= 0.6 is 0 Å². The Labute approximate surface area is 142 Å². The Bertz CT molecular complexity index is 598. The molecule has 0 bridgehead atoms. The Morgan fingerprint density at radius 3 is 2.21 bits per heavy atom. The van der Waals surface area contributed by atoms with Crippen molar-refractivity contribution in [1.82, 2.24) is 10.6 Å². The van der Waals surface area contributed by atoms with Crippen LogP contribution in [-0.2, 0) is 25.5 Å². The second-order valence-corrected chi connectivity index (χ2v) is 5.69. The second-order valence-electron chi connectivity index (χ2n) is 5.69. The van der Waals surface area contributed by atoms with E-state index in [0.29, 0.717) is 6.42 Å². The molecule has 0 fully saturated rings. The summed E-state index contributed by atoms with van der Waals surface area (Å²) in [7, 11) is 1.26. The number of hydrogen-bond acceptors (Lipinski definition) is 4. The van der Waals surface area contributed by atoms with Gasteiger partial charge in [0.1, 0.15) is 12.1 Å². The van der Waals surface area contributed by atoms with E-state index in [9.17, 15) is 14.4 Å². The molecular weight excluding hydrogens is 308 g/mol. The number of hydrogen-bond donors (Lipinski definition) is 2. The quantitative estimate of drug-likeness (QED) is 0.556. The van der Waals surface area contributed by atoms with Crippen LogP contribution in [0, 0.1) is 0 Å². The highest BCUT2D eigenvalue weighted by atomic mass is 16.5. The van der Waals surface area contributed by atoms with E-state index in [-0.39, 0.29) is 12.3 Å². The maximum atomic E-state index is 12.5. The number of carbonyl (C=O) groups is 3. The van der Waals surface area contributed by atoms with Crippen molar-refractivity contribution in [3.05, 3.63) is 48.0 Å². The summed E-state index contributed by atoms with van der Waals surface area (Å²) in [5.41, 5.74) is 1.64. The van der Waals surface area contributed by atoms with Crippen LogP contribution in [0.2, 0.25) is 0 Å². The van der Waals surface area contributed by atoms with Crippen LogP contribution < -0.4 is 10.6 Å². The van der Waals surface area contributed by atoms with Gasteiger partial charge in [-0.2, -0.15) is 0 Å². The van der Waals surface area contributed by atoms with Gasteiger partial charge in [0.25, 0.3) is 0 Å². The number of nitrogens with one attached hydrogen (secondary N) is 2. The molecule has 0 aliphatic rings. The molecule has 0 radical (unpaired) electrons. The largest absolute Gasteiger partial charge is 0.467 e. The van der Waals surface area contributed by atoms with Crippen LogP contribution in [-0.4, -0.2) is 37.0 Å². The highest BCUT2D eigenvalue weighted by Crippen LogP contribution is 2.07. The Kier molecular flexibility index (Phi) is 7.68. The minimum Gasteiger partial charge on any atom is -0.467 e. The molecule has 0 saturated heterocycles. The summed E-state index contributed by atoms with van der Waals surface area (Å²) in [5.74, 6) is -1.31. The lowest BCUT2D eigenvalue weighted by atomic mass is 10.0. The summed E-state index contributed by atoms with van der Waals surface area (Å²) in [6, 6.07) is 7.72. The highest BCUT2D eigenvalue weighted by molar-refractivity contribution is 5.90. The summed E-state index contributed by atoms with van der Waals surface area (Å²) in [4.78, 5) is 35.8. The monoisotopic (exact) mass is 332 g/mol. The fourth-order valence-corrected chi connectivity index (χ4v) is 2.26. The lowest BCUT2D eigenvalue weighted by Crippen LogP contribution is -2.52. The van der Waals surface area contributed by atoms with Crippen molar-refractivity contribution in [3.63, 3.8) is 0 Å². The van der Waals surface area contributed by atoms with Gasteiger partial charge in [0.05, 0.1) is 7.11 Å². The van der Waals surface area contributed by atoms with Crippen molar-refractivity contribution in [3.8, 4) is 0 Å². The molecular formula is C18H24N2O4. The normalized spacial score (nSPS) is 12.6. The zero-order valence-electron chi connectivity index (χ0n) is 14.3. The molecule has 6 nitrogen and oxygen atoms in total. The van der Waals surface area contributed by atoms with Crippen molar-refractivity contribution >= 4 is 17.8 Å². The van der Waals surface area contributed by atoms with E-state index in [0.717, 1.165) is 11.1 Å². The maximum Gasteiger partial charge on any atom is 0.328 e.